The van der Waals surface area contributed by atoms with Gasteiger partial charge in [-0.05, 0) is 53.6 Å². The molecule has 2 aromatic rings. The van der Waals surface area contributed by atoms with Crippen LogP contribution in [0.4, 0.5) is 5.69 Å². The number of allylic oxidation sites excluding steroid dienone is 2. The molecule has 0 unspecified atom stereocenters. The molecule has 2 aromatic carbocycles. The summed E-state index contributed by atoms with van der Waals surface area (Å²) in [5, 5.41) is 12.3. The summed E-state index contributed by atoms with van der Waals surface area (Å²) in [4.78, 5) is 24.0. The number of benzene rings is 2. The van der Waals surface area contributed by atoms with Gasteiger partial charge in [0.25, 0.3) is 0 Å². The second-order valence-corrected chi connectivity index (χ2v) is 6.69. The molecule has 2 aliphatic carbocycles. The molecule has 0 radical (unpaired) electrons. The summed E-state index contributed by atoms with van der Waals surface area (Å²) in [6.07, 6.45) is 5.48. The van der Waals surface area contributed by atoms with E-state index in [1.54, 1.807) is 0 Å². The van der Waals surface area contributed by atoms with Gasteiger partial charge < -0.3 is 10.4 Å². The van der Waals surface area contributed by atoms with Crippen LogP contribution in [0.2, 0.25) is 0 Å². The number of hydrogen-bond acceptors (Lipinski definition) is 2. The van der Waals surface area contributed by atoms with Gasteiger partial charge in [0.2, 0.25) is 5.91 Å². The Morgan fingerprint density at radius 2 is 1.64 bits per heavy atom. The van der Waals surface area contributed by atoms with E-state index in [1.807, 2.05) is 42.5 Å². The van der Waals surface area contributed by atoms with E-state index in [2.05, 4.69) is 17.4 Å². The normalized spacial score (nSPS) is 20.6. The van der Waals surface area contributed by atoms with Crippen LogP contribution in [0.5, 0.6) is 0 Å². The molecular weight excluding hydrogens is 314 g/mol. The predicted octanol–water partition coefficient (Wildman–Crippen LogP) is 3.86. The van der Waals surface area contributed by atoms with Crippen LogP contribution >= 0.6 is 0 Å². The first kappa shape index (κ1) is 15.6. The molecule has 4 rings (SSSR count). The lowest BCUT2D eigenvalue weighted by Crippen LogP contribution is -2.34. The lowest BCUT2D eigenvalue weighted by atomic mass is 9.82. The Morgan fingerprint density at radius 1 is 0.920 bits per heavy atom. The molecule has 4 heteroatoms. The summed E-state index contributed by atoms with van der Waals surface area (Å²) in [6.45, 7) is 0. The largest absolute Gasteiger partial charge is 0.481 e. The molecule has 0 fully saturated rings. The highest BCUT2D eigenvalue weighted by Gasteiger charge is 2.34. The zero-order valence-electron chi connectivity index (χ0n) is 13.7. The quantitative estimate of drug-likeness (QED) is 0.715. The van der Waals surface area contributed by atoms with Crippen LogP contribution < -0.4 is 5.32 Å². The number of hydrogen-bond donors (Lipinski definition) is 2. The summed E-state index contributed by atoms with van der Waals surface area (Å²) in [5.74, 6) is -2.29. The van der Waals surface area contributed by atoms with Crippen molar-refractivity contribution in [3.8, 4) is 11.1 Å². The van der Waals surface area contributed by atoms with Gasteiger partial charge >= 0.3 is 5.97 Å². The Kier molecular flexibility index (Phi) is 3.88. The number of aliphatic carboxylic acids is 1. The minimum atomic E-state index is -0.908. The van der Waals surface area contributed by atoms with Gasteiger partial charge in [0.15, 0.2) is 0 Å². The molecule has 2 atom stereocenters. The maximum Gasteiger partial charge on any atom is 0.307 e. The van der Waals surface area contributed by atoms with Gasteiger partial charge in [-0.1, -0.05) is 42.5 Å². The summed E-state index contributed by atoms with van der Waals surface area (Å²) in [5.41, 5.74) is 5.67. The van der Waals surface area contributed by atoms with Crippen molar-refractivity contribution in [2.45, 2.75) is 19.3 Å². The van der Waals surface area contributed by atoms with Crippen molar-refractivity contribution >= 4 is 17.6 Å². The molecule has 2 aliphatic rings. The van der Waals surface area contributed by atoms with Crippen molar-refractivity contribution in [1.82, 2.24) is 0 Å². The molecule has 0 heterocycles. The van der Waals surface area contributed by atoms with Crippen LogP contribution in [0.25, 0.3) is 11.1 Å². The average molecular weight is 333 g/mol. The Bertz CT molecular complexity index is 884. The highest BCUT2D eigenvalue weighted by molar-refractivity contribution is 5.96. The Balaban J connectivity index is 1.54. The standard InChI is InChI=1S/C21H19NO3/c23-20(18-7-3-4-8-19(18)21(24)25)22-15-9-10-17-14(12-15)11-13-5-1-2-6-16(13)17/h1-6,9-10,12,18-19H,7-8,11H2,(H,22,23)(H,24,25)/t18-,19+/m1/s1. The zero-order chi connectivity index (χ0) is 17.4. The number of carboxylic acid groups (broad SMARTS) is 1. The smallest absolute Gasteiger partial charge is 0.307 e. The summed E-state index contributed by atoms with van der Waals surface area (Å²) < 4.78 is 0. The van der Waals surface area contributed by atoms with E-state index >= 15 is 0 Å². The van der Waals surface area contributed by atoms with Crippen LogP contribution in [0, 0.1) is 11.8 Å². The highest BCUT2D eigenvalue weighted by Crippen LogP contribution is 2.37. The SMILES string of the molecule is O=C(O)[C@H]1CC=CC[C@H]1C(=O)Nc1ccc2c(c1)Cc1ccccc1-2. The molecule has 2 N–H and O–H groups in total. The van der Waals surface area contributed by atoms with Crippen molar-refractivity contribution in [2.75, 3.05) is 5.32 Å². The van der Waals surface area contributed by atoms with E-state index in [-0.39, 0.29) is 5.91 Å². The van der Waals surface area contributed by atoms with Gasteiger partial charge in [0.05, 0.1) is 11.8 Å². The molecule has 0 aromatic heterocycles. The Hall–Kier alpha value is -2.88. The fourth-order valence-electron chi connectivity index (χ4n) is 3.83. The van der Waals surface area contributed by atoms with Gasteiger partial charge in [0.1, 0.15) is 0 Å². The molecular formula is C21H19NO3. The van der Waals surface area contributed by atoms with Crippen molar-refractivity contribution in [1.29, 1.82) is 0 Å². The molecule has 1 amide bonds. The van der Waals surface area contributed by atoms with E-state index in [1.165, 1.54) is 22.3 Å². The van der Waals surface area contributed by atoms with Crippen LogP contribution in [0.1, 0.15) is 24.0 Å². The summed E-state index contributed by atoms with van der Waals surface area (Å²) >= 11 is 0. The summed E-state index contributed by atoms with van der Waals surface area (Å²) in [6, 6.07) is 14.2. The third kappa shape index (κ3) is 2.84. The minimum Gasteiger partial charge on any atom is -0.481 e. The molecule has 0 saturated heterocycles. The van der Waals surface area contributed by atoms with Crippen LogP contribution in [0.15, 0.2) is 54.6 Å². The topological polar surface area (TPSA) is 66.4 Å². The van der Waals surface area contributed by atoms with E-state index in [4.69, 9.17) is 0 Å². The van der Waals surface area contributed by atoms with E-state index in [0.29, 0.717) is 12.8 Å². The fourth-order valence-corrected chi connectivity index (χ4v) is 3.83. The van der Waals surface area contributed by atoms with Gasteiger partial charge in [-0.3, -0.25) is 9.59 Å². The summed E-state index contributed by atoms with van der Waals surface area (Å²) in [7, 11) is 0. The van der Waals surface area contributed by atoms with Crippen molar-refractivity contribution in [3.05, 3.63) is 65.7 Å². The van der Waals surface area contributed by atoms with Gasteiger partial charge in [-0.25, -0.2) is 0 Å². The molecule has 126 valence electrons. The molecule has 0 spiro atoms. The minimum absolute atomic E-state index is 0.216. The van der Waals surface area contributed by atoms with Crippen LogP contribution in [0.3, 0.4) is 0 Å². The monoisotopic (exact) mass is 333 g/mol. The number of carbonyl (C=O) groups is 2. The molecule has 0 saturated carbocycles. The molecule has 4 nitrogen and oxygen atoms in total. The maximum atomic E-state index is 12.6. The Morgan fingerprint density at radius 3 is 2.44 bits per heavy atom. The van der Waals surface area contributed by atoms with Crippen molar-refractivity contribution < 1.29 is 14.7 Å². The highest BCUT2D eigenvalue weighted by atomic mass is 16.4. The van der Waals surface area contributed by atoms with Gasteiger partial charge in [-0.2, -0.15) is 0 Å². The third-order valence-electron chi connectivity index (χ3n) is 5.15. The molecule has 25 heavy (non-hydrogen) atoms. The van der Waals surface area contributed by atoms with Crippen LogP contribution in [-0.2, 0) is 16.0 Å². The van der Waals surface area contributed by atoms with E-state index < -0.39 is 17.8 Å². The third-order valence-corrected chi connectivity index (χ3v) is 5.15. The van der Waals surface area contributed by atoms with E-state index in [9.17, 15) is 14.7 Å². The number of amides is 1. The number of anilines is 1. The number of fused-ring (bicyclic) bond motifs is 3. The lowest BCUT2D eigenvalue weighted by molar-refractivity contribution is -0.146. The fraction of sp³-hybridized carbons (Fsp3) is 0.238. The first-order chi connectivity index (χ1) is 12.1. The Labute approximate surface area is 146 Å². The number of nitrogens with one attached hydrogen (secondary N) is 1. The maximum absolute atomic E-state index is 12.6. The average Bonchev–Trinajstić information content (AvgIpc) is 2.99. The molecule has 0 aliphatic heterocycles. The van der Waals surface area contributed by atoms with Crippen LogP contribution in [-0.4, -0.2) is 17.0 Å². The molecule has 0 bridgehead atoms. The number of carbonyl (C=O) groups excluding carboxylic acids is 1. The second kappa shape index (κ2) is 6.20. The lowest BCUT2D eigenvalue weighted by Gasteiger charge is -2.24. The van der Waals surface area contributed by atoms with Gasteiger partial charge in [0, 0.05) is 5.69 Å². The van der Waals surface area contributed by atoms with E-state index in [0.717, 1.165) is 12.1 Å². The van der Waals surface area contributed by atoms with Crippen molar-refractivity contribution in [2.24, 2.45) is 11.8 Å². The zero-order valence-corrected chi connectivity index (χ0v) is 13.7. The van der Waals surface area contributed by atoms with Gasteiger partial charge in [-0.15, -0.1) is 0 Å². The van der Waals surface area contributed by atoms with Crippen molar-refractivity contribution in [3.63, 3.8) is 0 Å². The number of rotatable bonds is 3. The predicted molar refractivity (Wildman–Crippen MR) is 96.3 cm³/mol. The second-order valence-electron chi connectivity index (χ2n) is 6.69. The first-order valence-corrected chi connectivity index (χ1v) is 8.53. The number of carboxylic acids is 1. The first-order valence-electron chi connectivity index (χ1n) is 8.53.